The van der Waals surface area contributed by atoms with Crippen molar-refractivity contribution in [3.8, 4) is 0 Å². The number of hydrogen-bond acceptors (Lipinski definition) is 2. The summed E-state index contributed by atoms with van der Waals surface area (Å²) in [6.07, 6.45) is 22.3. The van der Waals surface area contributed by atoms with Crippen LogP contribution in [0.25, 0.3) is 0 Å². The normalized spacial score (nSPS) is 14.4. The fraction of sp³-hybridized carbons (Fsp3) is 0.923. The van der Waals surface area contributed by atoms with Crippen molar-refractivity contribution >= 4 is 20.1 Å². The molecule has 0 fully saturated rings. The maximum atomic E-state index is 13.4. The molecule has 0 atom stereocenters. The number of rotatable bonds is 22. The van der Waals surface area contributed by atoms with E-state index in [1.807, 2.05) is 0 Å². The van der Waals surface area contributed by atoms with E-state index in [0.29, 0.717) is 0 Å². The quantitative estimate of drug-likeness (QED) is 0.0862. The second-order valence-electron chi connectivity index (χ2n) is 9.49. The topological polar surface area (TPSA) is 34.1 Å². The van der Waals surface area contributed by atoms with Crippen LogP contribution in [0.3, 0.4) is 0 Å². The van der Waals surface area contributed by atoms with Gasteiger partial charge in [0.25, 0.3) is 0 Å². The molecule has 0 aromatic heterocycles. The molecule has 0 amide bonds. The van der Waals surface area contributed by atoms with Gasteiger partial charge in [-0.3, -0.25) is 0 Å². The van der Waals surface area contributed by atoms with E-state index in [0.717, 1.165) is 0 Å². The second kappa shape index (κ2) is 18.2. The van der Waals surface area contributed by atoms with E-state index in [4.69, 9.17) is 0 Å². The molecule has 0 saturated carbocycles. The Balaban J connectivity index is 6.88. The molecule has 0 heterocycles. The van der Waals surface area contributed by atoms with Crippen molar-refractivity contribution in [2.45, 2.75) is 119 Å². The molecule has 0 aromatic carbocycles. The average molecular weight is 660 g/mol. The molecule has 0 aliphatic heterocycles. The first kappa shape index (κ1) is 31.9. The van der Waals surface area contributed by atoms with Crippen LogP contribution in [-0.2, 0) is 24.6 Å². The van der Waals surface area contributed by atoms with Crippen LogP contribution >= 0.6 is 10.7 Å². The molecule has 31 heavy (non-hydrogen) atoms. The molecular weight excluding hydrogens is 601 g/mol. The predicted molar refractivity (Wildman–Crippen MR) is 149 cm³/mol. The fourth-order valence-electron chi connectivity index (χ4n) is 5.12. The van der Waals surface area contributed by atoms with Crippen LogP contribution in [0.2, 0.25) is 0 Å². The van der Waals surface area contributed by atoms with Gasteiger partial charge in [0.05, 0.1) is 0 Å². The van der Waals surface area contributed by atoms with Gasteiger partial charge in [-0.15, -0.1) is 0 Å². The number of unbranched alkanes of at least 4 members (excludes halogenated alkanes) is 6. The average Bonchev–Trinajstić information content (AvgIpc) is 2.80. The van der Waals surface area contributed by atoms with Gasteiger partial charge in [-0.25, -0.2) is 0 Å². The summed E-state index contributed by atoms with van der Waals surface area (Å²) in [5, 5.41) is -3.83. The van der Waals surface area contributed by atoms with Gasteiger partial charge in [0, 0.05) is 0 Å². The summed E-state index contributed by atoms with van der Waals surface area (Å²) in [6, 6.07) is 0. The molecule has 0 unspecified atom stereocenters. The van der Waals surface area contributed by atoms with Gasteiger partial charge < -0.3 is 0 Å². The van der Waals surface area contributed by atoms with Crippen molar-refractivity contribution in [1.82, 2.24) is 0 Å². The Morgan fingerprint density at radius 3 is 0.774 bits per heavy atom. The van der Waals surface area contributed by atoms with Gasteiger partial charge in [0.15, 0.2) is 0 Å². The Kier molecular flexibility index (Phi) is 18.8. The third-order valence-corrected chi connectivity index (χ3v) is 71.4. The molecule has 194 valence electrons. The van der Waals surface area contributed by atoms with Crippen molar-refractivity contribution in [2.24, 2.45) is 0 Å². The predicted octanol–water partition coefficient (Wildman–Crippen LogP) is 8.65. The van der Waals surface area contributed by atoms with E-state index in [1.165, 1.54) is 123 Å². The van der Waals surface area contributed by atoms with Crippen LogP contribution in [0, 0.1) is 0 Å². The summed E-state index contributed by atoms with van der Waals surface area (Å²) in [5.74, 6) is 0. The first-order chi connectivity index (χ1) is 15.0. The van der Waals surface area contributed by atoms with Crippen LogP contribution < -0.4 is 0 Å². The Bertz CT molecular complexity index is 385. The number of carbonyl (C=O) groups is 2. The maximum absolute atomic E-state index is 13.4. The van der Waals surface area contributed by atoms with Crippen molar-refractivity contribution in [2.75, 3.05) is 37.0 Å². The molecule has 0 N–H and O–H groups in total. The van der Waals surface area contributed by atoms with Gasteiger partial charge in [-0.2, -0.15) is 0 Å². The Morgan fingerprint density at radius 2 is 0.645 bits per heavy atom. The van der Waals surface area contributed by atoms with E-state index in [2.05, 4.69) is 41.5 Å². The molecule has 0 rings (SSSR count). The van der Waals surface area contributed by atoms with Crippen molar-refractivity contribution in [3.05, 3.63) is 0 Å². The summed E-state index contributed by atoms with van der Waals surface area (Å²) >= 11 is -3.22. The summed E-state index contributed by atoms with van der Waals surface area (Å²) in [4.78, 5) is 26.9. The SMILES string of the molecule is CCCC[PH](CCCC)(CCCC)[Pt]([CH]=O)([CH]=O)[PH](CCCC)(CCCC)CCCC. The monoisotopic (exact) mass is 659 g/mol. The molecule has 0 spiro atoms. The molecule has 0 aliphatic carbocycles. The van der Waals surface area contributed by atoms with Crippen molar-refractivity contribution in [1.29, 1.82) is 0 Å². The Hall–Kier alpha value is 0.888. The standard InChI is InChI=1S/2C12H27P.2CHO.Pt/c2*1-4-7-10-13(11-8-5-2)12-9-6-3;2*1-2;/h2*4-12H2,1-3H3;2*1H;/q;;;;-2/p+2. The summed E-state index contributed by atoms with van der Waals surface area (Å²) < 4.78 is 2.97. The van der Waals surface area contributed by atoms with Gasteiger partial charge in [0.1, 0.15) is 0 Å². The number of hydrogen-bond donors (Lipinski definition) is 0. The third-order valence-electron chi connectivity index (χ3n) is 7.12. The van der Waals surface area contributed by atoms with Crippen molar-refractivity contribution in [3.63, 3.8) is 0 Å². The first-order valence-electron chi connectivity index (χ1n) is 13.5. The zero-order valence-corrected chi connectivity index (χ0v) is 26.3. The molecule has 5 heteroatoms. The van der Waals surface area contributed by atoms with Gasteiger partial charge in [-0.1, -0.05) is 0 Å². The molecule has 0 radical (unpaired) electrons. The fourth-order valence-corrected chi connectivity index (χ4v) is 83.2. The summed E-state index contributed by atoms with van der Waals surface area (Å²) in [5.41, 5.74) is 0. The minimum atomic E-state index is -3.22. The first-order valence-corrected chi connectivity index (χ1v) is 27.8. The molecule has 0 aromatic rings. The number of carbonyl (C=O) groups excluding carboxylic acids is 2. The van der Waals surface area contributed by atoms with E-state index in [9.17, 15) is 9.59 Å². The van der Waals surface area contributed by atoms with Crippen LogP contribution in [0.5, 0.6) is 0 Å². The van der Waals surface area contributed by atoms with E-state index >= 15 is 0 Å². The van der Waals surface area contributed by atoms with Crippen LogP contribution in [0.1, 0.15) is 119 Å². The van der Waals surface area contributed by atoms with Crippen molar-refractivity contribution < 1.29 is 24.6 Å². The summed E-state index contributed by atoms with van der Waals surface area (Å²) in [7, 11) is 0. The summed E-state index contributed by atoms with van der Waals surface area (Å²) in [6.45, 7) is 13.8. The van der Waals surface area contributed by atoms with Crippen LogP contribution in [-0.4, -0.2) is 46.3 Å². The van der Waals surface area contributed by atoms with Gasteiger partial charge in [-0.05, 0) is 0 Å². The zero-order chi connectivity index (χ0) is 23.6. The molecule has 0 bridgehead atoms. The molecular formula is C26H58O2P2Pt. The molecule has 0 aliphatic rings. The Labute approximate surface area is 199 Å². The van der Waals surface area contributed by atoms with Gasteiger partial charge in [0.2, 0.25) is 0 Å². The van der Waals surface area contributed by atoms with E-state index in [1.54, 1.807) is 0 Å². The zero-order valence-electron chi connectivity index (χ0n) is 22.0. The van der Waals surface area contributed by atoms with Crippen LogP contribution in [0.4, 0.5) is 0 Å². The second-order valence-corrected chi connectivity index (χ2v) is 47.5. The third kappa shape index (κ3) is 8.56. The van der Waals surface area contributed by atoms with E-state index in [-0.39, 0.29) is 0 Å². The van der Waals surface area contributed by atoms with Gasteiger partial charge >= 0.3 is 200 Å². The molecule has 0 saturated heterocycles. The van der Waals surface area contributed by atoms with Crippen LogP contribution in [0.15, 0.2) is 0 Å². The minimum absolute atomic E-state index is 1.20. The molecule has 2 nitrogen and oxygen atoms in total. The Morgan fingerprint density at radius 1 is 0.452 bits per heavy atom. The van der Waals surface area contributed by atoms with E-state index < -0.39 is 25.8 Å².